The van der Waals surface area contributed by atoms with Crippen LogP contribution in [0.1, 0.15) is 29.9 Å². The highest BCUT2D eigenvalue weighted by Gasteiger charge is 2.57. The Morgan fingerprint density at radius 2 is 1.80 bits per heavy atom. The van der Waals surface area contributed by atoms with Crippen LogP contribution in [0.3, 0.4) is 0 Å². The van der Waals surface area contributed by atoms with Crippen molar-refractivity contribution in [1.29, 1.82) is 0 Å². The molecule has 0 saturated carbocycles. The minimum Gasteiger partial charge on any atom is -0.507 e. The Kier molecular flexibility index (Phi) is 6.80. The number of halogens is 1. The van der Waals surface area contributed by atoms with Crippen molar-refractivity contribution >= 4 is 57.6 Å². The lowest BCUT2D eigenvalue weighted by Crippen LogP contribution is -2.39. The summed E-state index contributed by atoms with van der Waals surface area (Å²) in [6.07, 6.45) is 5.53. The van der Waals surface area contributed by atoms with E-state index in [0.717, 1.165) is 10.5 Å². The molecule has 1 heterocycles. The topological polar surface area (TPSA) is 132 Å². The van der Waals surface area contributed by atoms with Crippen LogP contribution in [0.5, 0.6) is 5.75 Å². The molecule has 206 valence electrons. The van der Waals surface area contributed by atoms with E-state index in [2.05, 4.69) is 22.5 Å². The van der Waals surface area contributed by atoms with Gasteiger partial charge in [0.05, 0.1) is 22.0 Å². The van der Waals surface area contributed by atoms with Crippen LogP contribution in [0.2, 0.25) is 0 Å². The fourth-order valence-electron chi connectivity index (χ4n) is 6.81. The molecule has 3 N–H and O–H groups in total. The van der Waals surface area contributed by atoms with Crippen LogP contribution in [0, 0.1) is 17.8 Å². The third kappa shape index (κ3) is 4.20. The fraction of sp³-hybridized carbons (Fsp3) is 0.226. The van der Waals surface area contributed by atoms with E-state index >= 15 is 0 Å². The van der Waals surface area contributed by atoms with E-state index in [-0.39, 0.29) is 56.9 Å². The smallest absolute Gasteiger partial charge is 0.488 e. The van der Waals surface area contributed by atoms with Crippen molar-refractivity contribution in [3.05, 3.63) is 99.6 Å². The molecule has 3 aliphatic carbocycles. The molecular formula is C31H25BBrNO7. The second kappa shape index (κ2) is 10.2. The van der Waals surface area contributed by atoms with Gasteiger partial charge < -0.3 is 15.2 Å². The number of fused-ring (bicyclic) bond motifs is 3. The molecule has 0 bridgehead atoms. The lowest BCUT2D eigenvalue weighted by molar-refractivity contribution is -0.123. The average Bonchev–Trinajstić information content (AvgIpc) is 3.21. The number of anilines is 1. The van der Waals surface area contributed by atoms with E-state index in [1.54, 1.807) is 36.4 Å². The molecule has 8 nitrogen and oxygen atoms in total. The number of Topliss-reactive ketones (excluding diaryl/α,β-unsaturated/α-hetero) is 1. The molecule has 1 fully saturated rings. The summed E-state index contributed by atoms with van der Waals surface area (Å²) < 4.78 is 0.124. The van der Waals surface area contributed by atoms with Gasteiger partial charge in [-0.2, -0.15) is 0 Å². The number of imide groups is 1. The Labute approximate surface area is 244 Å². The summed E-state index contributed by atoms with van der Waals surface area (Å²) in [5, 5.41) is 30.6. The van der Waals surface area contributed by atoms with Gasteiger partial charge in [0.25, 0.3) is 0 Å². The number of allylic oxidation sites excluding steroid dienone is 7. The summed E-state index contributed by atoms with van der Waals surface area (Å²) >= 11 is 3.21. The maximum Gasteiger partial charge on any atom is 0.488 e. The number of nitrogens with zero attached hydrogens (tertiary/aromatic N) is 1. The number of para-hydroxylation sites is 1. The highest BCUT2D eigenvalue weighted by atomic mass is 79.9. The Morgan fingerprint density at radius 3 is 2.54 bits per heavy atom. The van der Waals surface area contributed by atoms with Crippen molar-refractivity contribution in [2.75, 3.05) is 4.90 Å². The molecule has 4 atom stereocenters. The molecular weight excluding hydrogens is 589 g/mol. The fourth-order valence-corrected chi connectivity index (χ4v) is 7.25. The third-order valence-corrected chi connectivity index (χ3v) is 9.17. The minimum absolute atomic E-state index is 0.00313. The Bertz CT molecular complexity index is 1660. The molecule has 6 rings (SSSR count). The van der Waals surface area contributed by atoms with Crippen molar-refractivity contribution in [3.8, 4) is 5.75 Å². The van der Waals surface area contributed by atoms with Crippen LogP contribution >= 0.6 is 15.9 Å². The molecule has 2 aromatic carbocycles. The number of carbonyl (C=O) groups excluding carboxylic acids is 4. The van der Waals surface area contributed by atoms with Crippen LogP contribution in [0.15, 0.2) is 88.5 Å². The van der Waals surface area contributed by atoms with Crippen molar-refractivity contribution in [2.45, 2.75) is 25.2 Å². The molecule has 0 spiro atoms. The predicted molar refractivity (Wildman–Crippen MR) is 155 cm³/mol. The van der Waals surface area contributed by atoms with Gasteiger partial charge in [0.1, 0.15) is 5.75 Å². The van der Waals surface area contributed by atoms with E-state index in [1.807, 2.05) is 6.08 Å². The van der Waals surface area contributed by atoms with E-state index < -0.39 is 42.6 Å². The van der Waals surface area contributed by atoms with E-state index in [0.29, 0.717) is 17.5 Å². The molecule has 1 aliphatic heterocycles. The second-order valence-corrected chi connectivity index (χ2v) is 11.6. The lowest BCUT2D eigenvalue weighted by Gasteiger charge is -2.42. The zero-order valence-electron chi connectivity index (χ0n) is 21.8. The zero-order valence-corrected chi connectivity index (χ0v) is 23.4. The number of phenolic OH excluding ortho intramolecular Hbond substituents is 1. The average molecular weight is 614 g/mol. The molecule has 4 aliphatic rings. The zero-order chi connectivity index (χ0) is 29.2. The lowest BCUT2D eigenvalue weighted by atomic mass is 9.59. The summed E-state index contributed by atoms with van der Waals surface area (Å²) in [4.78, 5) is 55.6. The monoisotopic (exact) mass is 613 g/mol. The number of ketones is 2. The number of phenols is 1. The van der Waals surface area contributed by atoms with Gasteiger partial charge in [-0.15, -0.1) is 6.58 Å². The summed E-state index contributed by atoms with van der Waals surface area (Å²) in [6, 6.07) is 11.2. The molecule has 0 radical (unpaired) electrons. The van der Waals surface area contributed by atoms with E-state index in [9.17, 15) is 34.3 Å². The normalized spacial score (nSPS) is 25.4. The number of carbonyl (C=O) groups is 4. The Balaban J connectivity index is 1.49. The van der Waals surface area contributed by atoms with Crippen molar-refractivity contribution in [1.82, 2.24) is 0 Å². The van der Waals surface area contributed by atoms with Crippen molar-refractivity contribution in [3.63, 3.8) is 0 Å². The predicted octanol–water partition coefficient (Wildman–Crippen LogP) is 2.77. The third-order valence-electron chi connectivity index (χ3n) is 8.58. The largest absolute Gasteiger partial charge is 0.507 e. The van der Waals surface area contributed by atoms with Crippen LogP contribution in [-0.2, 0) is 25.6 Å². The number of aromatic hydroxyl groups is 1. The Morgan fingerprint density at radius 1 is 1.05 bits per heavy atom. The van der Waals surface area contributed by atoms with Gasteiger partial charge in [-0.05, 0) is 64.3 Å². The summed E-state index contributed by atoms with van der Waals surface area (Å²) in [7, 11) is -1.77. The van der Waals surface area contributed by atoms with Crippen LogP contribution < -0.4 is 10.4 Å². The number of hydrogen-bond acceptors (Lipinski definition) is 7. The van der Waals surface area contributed by atoms with E-state index in [1.165, 1.54) is 18.2 Å². The van der Waals surface area contributed by atoms with Gasteiger partial charge in [0, 0.05) is 28.7 Å². The summed E-state index contributed by atoms with van der Waals surface area (Å²) in [6.45, 7) is 3.75. The van der Waals surface area contributed by atoms with Crippen molar-refractivity contribution in [2.24, 2.45) is 17.8 Å². The summed E-state index contributed by atoms with van der Waals surface area (Å²) in [5.74, 6) is -4.38. The quantitative estimate of drug-likeness (QED) is 0.204. The van der Waals surface area contributed by atoms with Crippen LogP contribution in [0.4, 0.5) is 5.69 Å². The molecule has 10 heteroatoms. The number of benzene rings is 2. The molecule has 4 unspecified atom stereocenters. The molecule has 2 aromatic rings. The molecule has 2 amide bonds. The van der Waals surface area contributed by atoms with Gasteiger partial charge in [0.15, 0.2) is 11.6 Å². The standard InChI is InChI=1S/C31H25BBrNO7/c1-2-5-15-6-3-9-19(28(15)36)25-18-10-11-20-26(21(18)13-22-27(25)24(35)14-23(33)29(22)37)31(39)34(30(20)38)17-8-4-7-16(12-17)32(40)41/h2-4,6-10,12,14,20-21,25-26,36,40-41H,1,5,11,13H2. The first-order valence-electron chi connectivity index (χ1n) is 13.3. The second-order valence-electron chi connectivity index (χ2n) is 10.7. The van der Waals surface area contributed by atoms with Crippen LogP contribution in [-0.4, -0.2) is 45.7 Å². The van der Waals surface area contributed by atoms with Gasteiger partial charge in [-0.25, -0.2) is 0 Å². The van der Waals surface area contributed by atoms with Gasteiger partial charge in [-0.1, -0.05) is 48.1 Å². The van der Waals surface area contributed by atoms with E-state index in [4.69, 9.17) is 0 Å². The van der Waals surface area contributed by atoms with Gasteiger partial charge in [0.2, 0.25) is 11.8 Å². The SMILES string of the molecule is C=CCc1cccc(C2C3=CCC4C(=O)N(c5cccc(B(O)O)c5)C(=O)C4C3CC3=C2C(=O)C=C(Br)C3=O)c1O. The highest BCUT2D eigenvalue weighted by Crippen LogP contribution is 2.56. The molecule has 41 heavy (non-hydrogen) atoms. The van der Waals surface area contributed by atoms with Crippen molar-refractivity contribution < 1.29 is 34.3 Å². The number of amides is 2. The van der Waals surface area contributed by atoms with Gasteiger partial charge >= 0.3 is 7.12 Å². The molecule has 0 aromatic heterocycles. The first-order valence-corrected chi connectivity index (χ1v) is 14.1. The number of rotatable bonds is 5. The molecule has 1 saturated heterocycles. The summed E-state index contributed by atoms with van der Waals surface area (Å²) in [5.41, 5.74) is 2.73. The van der Waals surface area contributed by atoms with Crippen LogP contribution in [0.25, 0.3) is 0 Å². The maximum absolute atomic E-state index is 14.0. The first kappa shape index (κ1) is 27.3. The highest BCUT2D eigenvalue weighted by molar-refractivity contribution is 9.12. The maximum atomic E-state index is 14.0. The Hall–Kier alpha value is -3.86. The first-order chi connectivity index (χ1) is 19.6. The number of hydrogen-bond donors (Lipinski definition) is 3. The van der Waals surface area contributed by atoms with Gasteiger partial charge in [-0.3, -0.25) is 24.1 Å². The minimum atomic E-state index is -1.77.